The standard InChI is InChI=1S/C38H58N8O10S/c1-7-21(6)31(40)37(55)44-25(16-29(39)47)34(52)46-28-18-57-38(56)27(14-20(4)5)45-32(50)23(13-19(2)3)41-33(51)24(15-22-11-9-8-10-12-22)42-35(53)26(17-30(48)49)43-36(28)54/h8-12,19-21,23-28,31H,7,13-18,40H2,1-6H3,(H2,39,47)(H,41,51)(H,42,53)(H,43,54)(H,44,55)(H,45,50)(H,46,52)(H,48,49)/t21-,23-,24?,25-,26?,27?,28?,31-/m0/s1. The van der Waals surface area contributed by atoms with Crippen molar-refractivity contribution in [3.05, 3.63) is 35.9 Å². The minimum atomic E-state index is -1.80. The number of carbonyl (C=O) groups is 9. The lowest BCUT2D eigenvalue weighted by Crippen LogP contribution is -2.61. The lowest BCUT2D eigenvalue weighted by molar-refractivity contribution is -0.141. The van der Waals surface area contributed by atoms with Gasteiger partial charge in [-0.15, -0.1) is 0 Å². The Labute approximate surface area is 336 Å². The summed E-state index contributed by atoms with van der Waals surface area (Å²) in [7, 11) is 0. The highest BCUT2D eigenvalue weighted by atomic mass is 32.2. The van der Waals surface area contributed by atoms with Gasteiger partial charge in [0.1, 0.15) is 30.2 Å². The van der Waals surface area contributed by atoms with Gasteiger partial charge in [0.15, 0.2) is 0 Å². The number of rotatable bonds is 16. The average Bonchev–Trinajstić information content (AvgIpc) is 3.13. The second kappa shape index (κ2) is 23.3. The molecule has 1 heterocycles. The molecule has 0 aromatic heterocycles. The van der Waals surface area contributed by atoms with Gasteiger partial charge in [0.2, 0.25) is 46.5 Å². The molecule has 11 N–H and O–H groups in total. The number of benzene rings is 1. The Balaban J connectivity index is 2.65. The molecule has 4 unspecified atom stereocenters. The van der Waals surface area contributed by atoms with Gasteiger partial charge in [0.25, 0.3) is 0 Å². The quantitative estimate of drug-likeness (QED) is 0.0994. The van der Waals surface area contributed by atoms with Crippen molar-refractivity contribution in [2.24, 2.45) is 29.2 Å². The second-order valence-electron chi connectivity index (χ2n) is 15.1. The maximum atomic E-state index is 13.9. The summed E-state index contributed by atoms with van der Waals surface area (Å²) >= 11 is 0.570. The third-order valence-electron chi connectivity index (χ3n) is 9.20. The number of carbonyl (C=O) groups excluding carboxylic acids is 8. The summed E-state index contributed by atoms with van der Waals surface area (Å²) < 4.78 is 0. The fourth-order valence-corrected chi connectivity index (χ4v) is 6.75. The van der Waals surface area contributed by atoms with Gasteiger partial charge in [-0.25, -0.2) is 0 Å². The molecule has 7 amide bonds. The van der Waals surface area contributed by atoms with Crippen LogP contribution in [0.4, 0.5) is 0 Å². The highest BCUT2D eigenvalue weighted by Gasteiger charge is 2.37. The van der Waals surface area contributed by atoms with Crippen LogP contribution in [0.25, 0.3) is 0 Å². The molecule has 8 atom stereocenters. The number of primary amides is 1. The van der Waals surface area contributed by atoms with E-state index >= 15 is 0 Å². The third kappa shape index (κ3) is 16.5. The van der Waals surface area contributed by atoms with Gasteiger partial charge in [-0.05, 0) is 36.2 Å². The predicted molar refractivity (Wildman–Crippen MR) is 212 cm³/mol. The molecule has 18 nitrogen and oxygen atoms in total. The van der Waals surface area contributed by atoms with Crippen LogP contribution in [0.5, 0.6) is 0 Å². The van der Waals surface area contributed by atoms with E-state index in [-0.39, 0.29) is 37.0 Å². The Morgan fingerprint density at radius 1 is 0.789 bits per heavy atom. The van der Waals surface area contributed by atoms with Gasteiger partial charge in [-0.3, -0.25) is 43.2 Å². The van der Waals surface area contributed by atoms with Gasteiger partial charge in [0.05, 0.1) is 24.9 Å². The third-order valence-corrected chi connectivity index (χ3v) is 10.3. The highest BCUT2D eigenvalue weighted by molar-refractivity contribution is 8.13. The van der Waals surface area contributed by atoms with Gasteiger partial charge < -0.3 is 48.5 Å². The van der Waals surface area contributed by atoms with E-state index in [0.29, 0.717) is 23.7 Å². The molecule has 1 fully saturated rings. The molecular formula is C38H58N8O10S. The lowest BCUT2D eigenvalue weighted by Gasteiger charge is -2.29. The van der Waals surface area contributed by atoms with E-state index in [4.69, 9.17) is 11.5 Å². The van der Waals surface area contributed by atoms with Crippen molar-refractivity contribution >= 4 is 64.2 Å². The van der Waals surface area contributed by atoms with Crippen LogP contribution in [0.2, 0.25) is 0 Å². The molecule has 316 valence electrons. The number of nitrogens with one attached hydrogen (secondary N) is 6. The van der Waals surface area contributed by atoms with Crippen molar-refractivity contribution in [1.29, 1.82) is 0 Å². The van der Waals surface area contributed by atoms with E-state index in [0.717, 1.165) is 0 Å². The molecule has 1 aliphatic heterocycles. The minimum Gasteiger partial charge on any atom is -0.481 e. The van der Waals surface area contributed by atoms with Crippen LogP contribution in [-0.4, -0.2) is 106 Å². The van der Waals surface area contributed by atoms with E-state index in [1.54, 1.807) is 44.2 Å². The second-order valence-corrected chi connectivity index (χ2v) is 16.1. The van der Waals surface area contributed by atoms with Gasteiger partial charge in [-0.1, -0.05) is 90.1 Å². The number of hydrogen-bond acceptors (Lipinski definition) is 11. The molecule has 0 saturated carbocycles. The molecule has 0 aliphatic carbocycles. The molecular weight excluding hydrogens is 761 g/mol. The lowest BCUT2D eigenvalue weighted by atomic mass is 9.99. The molecule has 0 radical (unpaired) electrons. The molecule has 1 aromatic rings. The summed E-state index contributed by atoms with van der Waals surface area (Å²) in [6, 6.07) is -1.17. The van der Waals surface area contributed by atoms with E-state index in [1.807, 2.05) is 27.7 Å². The zero-order valence-electron chi connectivity index (χ0n) is 33.3. The summed E-state index contributed by atoms with van der Waals surface area (Å²) in [6.07, 6.45) is -0.878. The Bertz CT molecular complexity index is 1610. The molecule has 2 rings (SSSR count). The average molecular weight is 819 g/mol. The van der Waals surface area contributed by atoms with E-state index in [2.05, 4.69) is 31.9 Å². The van der Waals surface area contributed by atoms with Crippen LogP contribution in [0.15, 0.2) is 30.3 Å². The summed E-state index contributed by atoms with van der Waals surface area (Å²) in [5.74, 6) is -8.93. The van der Waals surface area contributed by atoms with E-state index in [1.165, 1.54) is 0 Å². The summed E-state index contributed by atoms with van der Waals surface area (Å²) in [5.41, 5.74) is 12.0. The van der Waals surface area contributed by atoms with Crippen LogP contribution in [0.3, 0.4) is 0 Å². The molecule has 1 aromatic carbocycles. The van der Waals surface area contributed by atoms with Crippen molar-refractivity contribution in [3.8, 4) is 0 Å². The number of aliphatic carboxylic acids is 1. The first kappa shape index (κ1) is 48.1. The monoisotopic (exact) mass is 818 g/mol. The van der Waals surface area contributed by atoms with E-state index in [9.17, 15) is 48.3 Å². The number of hydrogen-bond donors (Lipinski definition) is 9. The van der Waals surface area contributed by atoms with Crippen LogP contribution in [-0.2, 0) is 49.6 Å². The van der Waals surface area contributed by atoms with E-state index < -0.39 is 113 Å². The molecule has 57 heavy (non-hydrogen) atoms. The van der Waals surface area contributed by atoms with Crippen LogP contribution in [0.1, 0.15) is 79.2 Å². The number of carboxylic acids is 1. The number of thioether (sulfide) groups is 1. The number of nitrogens with two attached hydrogens (primary N) is 2. The zero-order chi connectivity index (χ0) is 43.0. The van der Waals surface area contributed by atoms with Crippen LogP contribution < -0.4 is 43.4 Å². The van der Waals surface area contributed by atoms with Crippen molar-refractivity contribution in [1.82, 2.24) is 31.9 Å². The Hall–Kier alpha value is -5.04. The fourth-order valence-electron chi connectivity index (χ4n) is 5.83. The normalized spacial score (nSPS) is 23.0. The zero-order valence-corrected chi connectivity index (χ0v) is 34.1. The first-order chi connectivity index (χ1) is 26.7. The topological polar surface area (TPSA) is 298 Å². The number of amides is 7. The van der Waals surface area contributed by atoms with Crippen molar-refractivity contribution < 1.29 is 48.3 Å². The Morgan fingerprint density at radius 3 is 1.88 bits per heavy atom. The molecule has 1 aliphatic rings. The van der Waals surface area contributed by atoms with Crippen LogP contribution in [0, 0.1) is 17.8 Å². The van der Waals surface area contributed by atoms with Crippen molar-refractivity contribution in [2.75, 3.05) is 5.75 Å². The Kier molecular flexibility index (Phi) is 19.6. The fraction of sp³-hybridized carbons (Fsp3) is 0.605. The predicted octanol–water partition coefficient (Wildman–Crippen LogP) is -0.773. The SMILES string of the molecule is CC[C@H](C)[C@H](N)C(=O)N[C@@H](CC(N)=O)C(=O)NC1CSC(=O)C(CC(C)C)NC(=O)[C@H](CC(C)C)NC(=O)C(Cc2ccccc2)NC(=O)C(CC(=O)O)NC1=O. The van der Waals surface area contributed by atoms with Gasteiger partial charge >= 0.3 is 5.97 Å². The first-order valence-electron chi connectivity index (χ1n) is 19.0. The molecule has 19 heteroatoms. The molecule has 0 bridgehead atoms. The molecule has 1 saturated heterocycles. The largest absolute Gasteiger partial charge is 0.481 e. The maximum Gasteiger partial charge on any atom is 0.305 e. The van der Waals surface area contributed by atoms with Crippen LogP contribution >= 0.6 is 11.8 Å². The number of carboxylic acid groups (broad SMARTS) is 1. The van der Waals surface area contributed by atoms with Crippen molar-refractivity contribution in [2.45, 2.75) is 122 Å². The summed E-state index contributed by atoms with van der Waals surface area (Å²) in [5, 5.41) is 24.2. The van der Waals surface area contributed by atoms with Gasteiger partial charge in [-0.2, -0.15) is 0 Å². The van der Waals surface area contributed by atoms with Gasteiger partial charge in [0, 0.05) is 12.2 Å². The Morgan fingerprint density at radius 2 is 1.32 bits per heavy atom. The summed E-state index contributed by atoms with van der Waals surface area (Å²) in [6.45, 7) is 10.8. The molecule has 0 spiro atoms. The maximum absolute atomic E-state index is 13.9. The summed E-state index contributed by atoms with van der Waals surface area (Å²) in [4.78, 5) is 120. The minimum absolute atomic E-state index is 0.0837. The van der Waals surface area contributed by atoms with Crippen molar-refractivity contribution in [3.63, 3.8) is 0 Å². The first-order valence-corrected chi connectivity index (χ1v) is 20.0. The smallest absolute Gasteiger partial charge is 0.305 e. The highest BCUT2D eigenvalue weighted by Crippen LogP contribution is 2.17.